The minimum Gasteiger partial charge on any atom is -0.463 e. The number of amides is 9. The van der Waals surface area contributed by atoms with Crippen molar-refractivity contribution in [1.82, 2.24) is 41.7 Å². The molecule has 4 saturated heterocycles. The van der Waals surface area contributed by atoms with Gasteiger partial charge in [-0.1, -0.05) is 0 Å². The third-order valence-corrected chi connectivity index (χ3v) is 13.9. The van der Waals surface area contributed by atoms with Crippen molar-refractivity contribution in [3.8, 4) is 0 Å². The van der Waals surface area contributed by atoms with Gasteiger partial charge in [0.15, 0.2) is 37.0 Å². The summed E-state index contributed by atoms with van der Waals surface area (Å²) < 4.78 is 58.2. The van der Waals surface area contributed by atoms with Gasteiger partial charge in [0.1, 0.15) is 73.8 Å². The number of aliphatic hydroxyl groups excluding tert-OH is 1. The average molecular weight is 1260 g/mol. The highest BCUT2D eigenvalue weighted by Gasteiger charge is 2.58. The highest BCUT2D eigenvalue weighted by Crippen LogP contribution is 2.36. The molecule has 4 fully saturated rings. The molecule has 0 spiro atoms. The molecule has 35 heteroatoms. The van der Waals surface area contributed by atoms with Crippen molar-refractivity contribution in [1.29, 1.82) is 0 Å². The molecule has 0 radical (unpaired) electrons. The Morgan fingerprint density at radius 3 is 1.59 bits per heavy atom. The van der Waals surface area contributed by atoms with E-state index in [1.807, 2.05) is 0 Å². The molecule has 35 nitrogen and oxygen atoms in total. The molecule has 9 N–H and O–H groups in total. The summed E-state index contributed by atoms with van der Waals surface area (Å²) in [6, 6.07) is -10.4. The lowest BCUT2D eigenvalue weighted by Gasteiger charge is -2.49. The molecule has 4 rings (SSSR count). The summed E-state index contributed by atoms with van der Waals surface area (Å²) in [6.45, 7) is 8.61. The molecule has 9 amide bonds. The number of rotatable bonds is 27. The maximum absolute atomic E-state index is 14.8. The van der Waals surface area contributed by atoms with Crippen LogP contribution in [-0.2, 0) is 119 Å². The average Bonchev–Trinajstić information content (AvgIpc) is 1.13. The molecule has 88 heavy (non-hydrogen) atoms. The van der Waals surface area contributed by atoms with Crippen molar-refractivity contribution in [2.75, 3.05) is 39.5 Å². The number of likely N-dealkylation sites (tertiary alicyclic amines) is 2. The number of hydrogen-bond acceptors (Lipinski definition) is 26. The highest BCUT2D eigenvalue weighted by atomic mass is 16.8. The van der Waals surface area contributed by atoms with Crippen LogP contribution in [0, 0.1) is 0 Å². The zero-order chi connectivity index (χ0) is 66.0. The Labute approximate surface area is 504 Å². The first-order chi connectivity index (χ1) is 41.2. The first-order valence-electron chi connectivity index (χ1n) is 28.0. The standard InChI is InChI=1S/C53H79N9O26/c1-22(46(54)73)56-48(75)34-14-12-16-61(34)51(78)35-15-13-17-62(35)50(77)23(2)57-49(76)39(60-47(74)33(19-63)59-38(72)18-55-25(4)64)24(3)81-52-40(58-26(5)65)43(41(82-29(8)68)36(86-52)20-79-27(6)66)88-53-45(85-32(11)71)44(84-31(10)70)42(83-30(9)69)37(87-53)21-80-28(7)67/h22-24,33-37,39-45,52-53,63H,12-21H2,1-11H3,(H2,54,73)(H,55,64)(H,56,75)(H,57,76)(H,58,65)(H,59,72)(H,60,74)/t22?,23?,24?,33?,34?,35?,36?,37?,39?,40-,41-,42-,43?,44?,45-,52-,53-/m0/s1. The monoisotopic (exact) mass is 1260 g/mol. The van der Waals surface area contributed by atoms with Gasteiger partial charge in [-0.05, 0) is 46.5 Å². The van der Waals surface area contributed by atoms with Crippen LogP contribution in [0.2, 0.25) is 0 Å². The van der Waals surface area contributed by atoms with Gasteiger partial charge in [-0.2, -0.15) is 0 Å². The Morgan fingerprint density at radius 2 is 1.08 bits per heavy atom. The van der Waals surface area contributed by atoms with Gasteiger partial charge in [-0.3, -0.25) is 71.9 Å². The quantitative estimate of drug-likeness (QED) is 0.0280. The largest absolute Gasteiger partial charge is 0.463 e. The second kappa shape index (κ2) is 33.3. The van der Waals surface area contributed by atoms with E-state index in [-0.39, 0.29) is 25.9 Å². The summed E-state index contributed by atoms with van der Waals surface area (Å²) in [5.74, 6) is -13.7. The number of carbonyl (C=O) groups excluding carboxylic acids is 15. The maximum atomic E-state index is 14.8. The number of primary amides is 1. The number of nitrogens with two attached hydrogens (primary N) is 1. The number of ether oxygens (including phenoxy) is 10. The van der Waals surface area contributed by atoms with E-state index in [1.165, 1.54) is 30.6 Å². The van der Waals surface area contributed by atoms with Crippen LogP contribution in [0.25, 0.3) is 0 Å². The Balaban J connectivity index is 1.83. The molecule has 4 aliphatic heterocycles. The Hall–Kier alpha value is -8.15. The summed E-state index contributed by atoms with van der Waals surface area (Å²) in [5, 5.41) is 24.6. The van der Waals surface area contributed by atoms with E-state index in [0.717, 1.165) is 55.4 Å². The first-order valence-corrected chi connectivity index (χ1v) is 28.0. The van der Waals surface area contributed by atoms with Crippen LogP contribution in [0.15, 0.2) is 0 Å². The third kappa shape index (κ3) is 20.8. The Kier molecular flexibility index (Phi) is 27.3. The molecule has 17 atom stereocenters. The minimum atomic E-state index is -2.07. The van der Waals surface area contributed by atoms with E-state index in [0.29, 0.717) is 12.8 Å². The molecule has 0 aromatic rings. The number of nitrogens with zero attached hydrogens (tertiary/aromatic N) is 2. The van der Waals surface area contributed by atoms with E-state index >= 15 is 0 Å². The van der Waals surface area contributed by atoms with Crippen molar-refractivity contribution < 1.29 is 124 Å². The van der Waals surface area contributed by atoms with Gasteiger partial charge in [0.2, 0.25) is 53.2 Å². The zero-order valence-corrected chi connectivity index (χ0v) is 50.5. The molecule has 0 aliphatic carbocycles. The molecule has 4 heterocycles. The van der Waals surface area contributed by atoms with Gasteiger partial charge in [-0.15, -0.1) is 0 Å². The number of aliphatic hydroxyl groups is 1. The topological polar surface area (TPSA) is 473 Å². The molecular weight excluding hydrogens is 1180 g/mol. The molecule has 492 valence electrons. The van der Waals surface area contributed by atoms with E-state index in [1.54, 1.807) is 0 Å². The van der Waals surface area contributed by atoms with Crippen molar-refractivity contribution in [2.24, 2.45) is 5.73 Å². The lowest BCUT2D eigenvalue weighted by Crippen LogP contribution is -2.70. The molecule has 4 aliphatic rings. The molecule has 0 aromatic carbocycles. The normalized spacial score (nSPS) is 26.5. The van der Waals surface area contributed by atoms with E-state index in [9.17, 15) is 77.0 Å². The predicted molar refractivity (Wildman–Crippen MR) is 289 cm³/mol. The SMILES string of the molecule is CC(=O)NCC(=O)NC(CO)C(=O)NC(C(=O)NC(C)C(=O)N1CCCC1C(=O)N1CCCC1C(=O)NC(C)C(N)=O)C(C)O[C@H]1OC(COC(C)=O)[C@H](OC(C)=O)C(O[C@@H]2OC(COC(C)=O)[C@H](OC(C)=O)C(OC(C)=O)[C@@H]2OC(C)=O)[C@@H]1NC(C)=O. The zero-order valence-electron chi connectivity index (χ0n) is 50.5. The Bertz CT molecular complexity index is 2630. The van der Waals surface area contributed by atoms with Crippen LogP contribution in [0.5, 0.6) is 0 Å². The first kappa shape index (κ1) is 72.3. The van der Waals surface area contributed by atoms with Gasteiger partial charge in [0.25, 0.3) is 0 Å². The van der Waals surface area contributed by atoms with Crippen LogP contribution >= 0.6 is 0 Å². The molecular formula is C53H79N9O26. The van der Waals surface area contributed by atoms with Crippen molar-refractivity contribution in [3.05, 3.63) is 0 Å². The lowest BCUT2D eigenvalue weighted by molar-refractivity contribution is -0.349. The molecule has 0 saturated carbocycles. The minimum absolute atomic E-state index is 0.0160. The number of esters is 6. The number of nitrogens with one attached hydrogen (secondary N) is 6. The highest BCUT2D eigenvalue weighted by molar-refractivity contribution is 5.98. The summed E-state index contributed by atoms with van der Waals surface area (Å²) in [6.07, 6.45) is -17.3. The van der Waals surface area contributed by atoms with Crippen LogP contribution in [0.1, 0.15) is 102 Å². The van der Waals surface area contributed by atoms with Gasteiger partial charge >= 0.3 is 35.8 Å². The summed E-state index contributed by atoms with van der Waals surface area (Å²) in [7, 11) is 0. The Morgan fingerprint density at radius 1 is 0.568 bits per heavy atom. The third-order valence-electron chi connectivity index (χ3n) is 13.9. The van der Waals surface area contributed by atoms with E-state index in [2.05, 4.69) is 31.9 Å². The van der Waals surface area contributed by atoms with Crippen LogP contribution < -0.4 is 37.6 Å². The molecule has 11 unspecified atom stereocenters. The van der Waals surface area contributed by atoms with Crippen LogP contribution in [0.3, 0.4) is 0 Å². The van der Waals surface area contributed by atoms with E-state index in [4.69, 9.17) is 53.1 Å². The van der Waals surface area contributed by atoms with Crippen LogP contribution in [0.4, 0.5) is 0 Å². The number of carbonyl (C=O) groups is 15. The second-order valence-electron chi connectivity index (χ2n) is 21.1. The van der Waals surface area contributed by atoms with Gasteiger partial charge in [0, 0.05) is 68.5 Å². The molecule has 0 aromatic heterocycles. The predicted octanol–water partition coefficient (Wildman–Crippen LogP) is -5.84. The maximum Gasteiger partial charge on any atom is 0.303 e. The number of hydrogen-bond donors (Lipinski definition) is 8. The molecule has 0 bridgehead atoms. The fraction of sp³-hybridized carbons (Fsp3) is 0.717. The van der Waals surface area contributed by atoms with Crippen LogP contribution in [-0.4, -0.2) is 247 Å². The fourth-order valence-corrected chi connectivity index (χ4v) is 10.1. The van der Waals surface area contributed by atoms with Crippen molar-refractivity contribution >= 4 is 89.0 Å². The lowest BCUT2D eigenvalue weighted by atomic mass is 9.94. The van der Waals surface area contributed by atoms with Gasteiger partial charge in [-0.25, -0.2) is 0 Å². The van der Waals surface area contributed by atoms with Crippen molar-refractivity contribution in [3.63, 3.8) is 0 Å². The summed E-state index contributed by atoms with van der Waals surface area (Å²) in [4.78, 5) is 198. The summed E-state index contributed by atoms with van der Waals surface area (Å²) in [5.41, 5.74) is 5.33. The van der Waals surface area contributed by atoms with Gasteiger partial charge in [0.05, 0.1) is 19.3 Å². The second-order valence-corrected chi connectivity index (χ2v) is 21.1. The van der Waals surface area contributed by atoms with Gasteiger partial charge < -0.3 is 99.9 Å². The fourth-order valence-electron chi connectivity index (χ4n) is 10.1. The van der Waals surface area contributed by atoms with E-state index < -0.39 is 219 Å². The smallest absolute Gasteiger partial charge is 0.303 e. The van der Waals surface area contributed by atoms with Crippen molar-refractivity contribution in [2.45, 2.75) is 206 Å². The summed E-state index contributed by atoms with van der Waals surface area (Å²) >= 11 is 0.